The number of hydrazine groups is 1. The Morgan fingerprint density at radius 2 is 2.38 bits per heavy atom. The highest BCUT2D eigenvalue weighted by atomic mass is 16.1. The summed E-state index contributed by atoms with van der Waals surface area (Å²) < 4.78 is 0. The quantitative estimate of drug-likeness (QED) is 0.318. The van der Waals surface area contributed by atoms with Crippen LogP contribution in [0.3, 0.4) is 0 Å². The first-order valence-corrected chi connectivity index (χ1v) is 4.41. The second-order valence-corrected chi connectivity index (χ2v) is 3.12. The molecule has 0 radical (unpaired) electrons. The van der Waals surface area contributed by atoms with Gasteiger partial charge in [-0.25, -0.2) is 10.8 Å². The highest BCUT2D eigenvalue weighted by molar-refractivity contribution is 5.72. The number of anilines is 1. The normalized spacial score (nSPS) is 10.7. The molecule has 6 nitrogen and oxygen atoms in total. The molecule has 0 saturated carbocycles. The van der Waals surface area contributed by atoms with E-state index in [9.17, 15) is 4.79 Å². The van der Waals surface area contributed by atoms with Gasteiger partial charge in [-0.2, -0.15) is 5.26 Å². The molecule has 0 spiro atoms. The summed E-state index contributed by atoms with van der Waals surface area (Å²) in [6.45, 7) is 1.77. The van der Waals surface area contributed by atoms with Gasteiger partial charge in [-0.05, 0) is 18.6 Å². The van der Waals surface area contributed by atoms with Crippen LogP contribution in [0.15, 0.2) is 24.2 Å². The number of nitrogens with zero attached hydrogens (tertiary/aromatic N) is 3. The van der Waals surface area contributed by atoms with E-state index in [1.54, 1.807) is 13.0 Å². The molecule has 16 heavy (non-hydrogen) atoms. The van der Waals surface area contributed by atoms with E-state index in [1.165, 1.54) is 12.4 Å². The molecule has 1 aromatic heterocycles. The Kier molecular flexibility index (Phi) is 3.58. The molecule has 0 saturated heterocycles. The van der Waals surface area contributed by atoms with Gasteiger partial charge in [-0.15, -0.1) is 0 Å². The summed E-state index contributed by atoms with van der Waals surface area (Å²) >= 11 is 0. The zero-order valence-corrected chi connectivity index (χ0v) is 8.71. The fourth-order valence-electron chi connectivity index (χ4n) is 1.06. The first-order valence-electron chi connectivity index (χ1n) is 4.41. The Bertz CT molecular complexity index is 475. The smallest absolute Gasteiger partial charge is 0.167 e. The van der Waals surface area contributed by atoms with E-state index in [1.807, 2.05) is 6.07 Å². The van der Waals surface area contributed by atoms with Crippen molar-refractivity contribution in [3.8, 4) is 6.07 Å². The van der Waals surface area contributed by atoms with Crippen molar-refractivity contribution in [3.05, 3.63) is 35.3 Å². The van der Waals surface area contributed by atoms with Crippen LogP contribution < -0.4 is 16.6 Å². The van der Waals surface area contributed by atoms with Crippen molar-refractivity contribution in [1.29, 1.82) is 5.26 Å². The largest absolute Gasteiger partial charge is 0.395 e. The summed E-state index contributed by atoms with van der Waals surface area (Å²) in [6.07, 6.45) is 3.15. The molecular formula is C10H11N5O. The molecule has 6 heteroatoms. The molecule has 0 atom stereocenters. The molecule has 0 aliphatic carbocycles. The fourth-order valence-corrected chi connectivity index (χ4v) is 1.06. The van der Waals surface area contributed by atoms with Crippen LogP contribution in [-0.4, -0.2) is 11.3 Å². The summed E-state index contributed by atoms with van der Waals surface area (Å²) in [5, 5.41) is 9.84. The molecule has 1 rings (SSSR count). The van der Waals surface area contributed by atoms with Crippen LogP contribution in [-0.2, 0) is 4.79 Å². The first-order chi connectivity index (χ1) is 7.58. The van der Waals surface area contributed by atoms with Gasteiger partial charge in [0, 0.05) is 12.4 Å². The molecule has 0 aromatic carbocycles. The second kappa shape index (κ2) is 4.91. The number of nitriles is 1. The maximum Gasteiger partial charge on any atom is 0.167 e. The summed E-state index contributed by atoms with van der Waals surface area (Å²) in [5.74, 6) is 6.01. The third-order valence-corrected chi connectivity index (χ3v) is 1.91. The van der Waals surface area contributed by atoms with E-state index in [0.29, 0.717) is 17.7 Å². The van der Waals surface area contributed by atoms with Gasteiger partial charge in [0.25, 0.3) is 0 Å². The van der Waals surface area contributed by atoms with Gasteiger partial charge in [0.15, 0.2) is 6.29 Å². The molecule has 0 aliphatic heterocycles. The Morgan fingerprint density at radius 3 is 2.88 bits per heavy atom. The van der Waals surface area contributed by atoms with Crippen molar-refractivity contribution < 1.29 is 4.79 Å². The highest BCUT2D eigenvalue weighted by Gasteiger charge is 2.04. The number of aryl methyl sites for hydroxylation is 1. The predicted molar refractivity (Wildman–Crippen MR) is 58.7 cm³/mol. The SMILES string of the molecule is Cc1cc(N(N)/C=C(\N)C=O)ncc1C#N. The third kappa shape index (κ3) is 2.56. The number of carbonyl (C=O) groups excluding carboxylic acids is 1. The predicted octanol–water partition coefficient (Wildman–Crippen LogP) is -0.0592. The summed E-state index contributed by atoms with van der Waals surface area (Å²) in [5.41, 5.74) is 6.52. The van der Waals surface area contributed by atoms with Gasteiger partial charge in [0.05, 0.1) is 11.3 Å². The molecule has 0 fully saturated rings. The number of hydrogen-bond donors (Lipinski definition) is 2. The molecule has 0 aliphatic rings. The Labute approximate surface area is 92.8 Å². The lowest BCUT2D eigenvalue weighted by Crippen LogP contribution is -2.27. The molecule has 0 amide bonds. The van der Waals surface area contributed by atoms with Crippen molar-refractivity contribution >= 4 is 12.1 Å². The fraction of sp³-hybridized carbons (Fsp3) is 0.100. The molecule has 1 heterocycles. The Hall–Kier alpha value is -2.39. The molecule has 1 aromatic rings. The standard InChI is InChI=1S/C10H11N5O/c1-7-2-10(14-4-8(7)3-11)15(13)5-9(12)6-16/h2,4-6H,12-13H2,1H3/b9-5-. The van der Waals surface area contributed by atoms with E-state index in [4.69, 9.17) is 16.8 Å². The molecule has 4 N–H and O–H groups in total. The average molecular weight is 217 g/mol. The van der Waals surface area contributed by atoms with Crippen molar-refractivity contribution in [1.82, 2.24) is 4.98 Å². The van der Waals surface area contributed by atoms with Crippen LogP contribution in [0.25, 0.3) is 0 Å². The van der Waals surface area contributed by atoms with Crippen LogP contribution >= 0.6 is 0 Å². The Balaban J connectivity index is 3.03. The van der Waals surface area contributed by atoms with E-state index in [-0.39, 0.29) is 5.70 Å². The minimum Gasteiger partial charge on any atom is -0.395 e. The summed E-state index contributed by atoms with van der Waals surface area (Å²) in [4.78, 5) is 14.3. The number of pyridine rings is 1. The van der Waals surface area contributed by atoms with Crippen LogP contribution in [0, 0.1) is 18.3 Å². The number of hydrogen-bond acceptors (Lipinski definition) is 6. The van der Waals surface area contributed by atoms with Gasteiger partial charge < -0.3 is 5.73 Å². The lowest BCUT2D eigenvalue weighted by Gasteiger charge is -2.13. The average Bonchev–Trinajstić information content (AvgIpc) is 2.28. The summed E-state index contributed by atoms with van der Waals surface area (Å²) in [6, 6.07) is 3.63. The highest BCUT2D eigenvalue weighted by Crippen LogP contribution is 2.13. The number of allylic oxidation sites excluding steroid dienone is 1. The van der Waals surface area contributed by atoms with E-state index >= 15 is 0 Å². The van der Waals surface area contributed by atoms with Crippen molar-refractivity contribution in [2.45, 2.75) is 6.92 Å². The number of rotatable bonds is 3. The minimum atomic E-state index is -0.00804. The lowest BCUT2D eigenvalue weighted by molar-refractivity contribution is -0.105. The number of aldehydes is 1. The van der Waals surface area contributed by atoms with Crippen molar-refractivity contribution in [2.24, 2.45) is 11.6 Å². The van der Waals surface area contributed by atoms with Crippen LogP contribution in [0.4, 0.5) is 5.82 Å². The number of carbonyl (C=O) groups is 1. The minimum absolute atomic E-state index is 0.00804. The third-order valence-electron chi connectivity index (χ3n) is 1.91. The molecule has 82 valence electrons. The monoisotopic (exact) mass is 217 g/mol. The second-order valence-electron chi connectivity index (χ2n) is 3.12. The van der Waals surface area contributed by atoms with Gasteiger partial charge in [-0.3, -0.25) is 9.80 Å². The van der Waals surface area contributed by atoms with E-state index in [0.717, 1.165) is 10.6 Å². The zero-order valence-electron chi connectivity index (χ0n) is 8.71. The first kappa shape index (κ1) is 11.7. The van der Waals surface area contributed by atoms with Gasteiger partial charge >= 0.3 is 0 Å². The maximum absolute atomic E-state index is 10.3. The molecule has 0 bridgehead atoms. The lowest BCUT2D eigenvalue weighted by atomic mass is 10.2. The molecule has 0 unspecified atom stereocenters. The van der Waals surface area contributed by atoms with E-state index in [2.05, 4.69) is 4.98 Å². The summed E-state index contributed by atoms with van der Waals surface area (Å²) in [7, 11) is 0. The van der Waals surface area contributed by atoms with Crippen molar-refractivity contribution in [3.63, 3.8) is 0 Å². The van der Waals surface area contributed by atoms with Gasteiger partial charge in [0.1, 0.15) is 11.9 Å². The number of nitrogens with two attached hydrogens (primary N) is 2. The van der Waals surface area contributed by atoms with Crippen molar-refractivity contribution in [2.75, 3.05) is 5.01 Å². The topological polar surface area (TPSA) is 109 Å². The molecular weight excluding hydrogens is 206 g/mol. The van der Waals surface area contributed by atoms with Gasteiger partial charge in [-0.1, -0.05) is 0 Å². The zero-order chi connectivity index (χ0) is 12.1. The Morgan fingerprint density at radius 1 is 1.69 bits per heavy atom. The maximum atomic E-state index is 10.3. The van der Waals surface area contributed by atoms with Crippen LogP contribution in [0.1, 0.15) is 11.1 Å². The van der Waals surface area contributed by atoms with Crippen LogP contribution in [0.2, 0.25) is 0 Å². The van der Waals surface area contributed by atoms with E-state index < -0.39 is 0 Å². The van der Waals surface area contributed by atoms with Gasteiger partial charge in [0.2, 0.25) is 0 Å². The number of aromatic nitrogens is 1. The van der Waals surface area contributed by atoms with Crippen LogP contribution in [0.5, 0.6) is 0 Å².